The molecule has 106 valence electrons. The van der Waals surface area contributed by atoms with Crippen LogP contribution in [0.3, 0.4) is 0 Å². The lowest BCUT2D eigenvalue weighted by molar-refractivity contribution is 0.190. The van der Waals surface area contributed by atoms with Crippen molar-refractivity contribution in [3.63, 3.8) is 0 Å². The van der Waals surface area contributed by atoms with Crippen molar-refractivity contribution in [2.24, 2.45) is 0 Å². The number of halogens is 3. The van der Waals surface area contributed by atoms with Gasteiger partial charge in [0.15, 0.2) is 0 Å². The lowest BCUT2D eigenvalue weighted by Crippen LogP contribution is -2.01. The van der Waals surface area contributed by atoms with Gasteiger partial charge in [0, 0.05) is 10.6 Å². The SMILES string of the molecule is CC(O)c1cc(Cl)ccc1OCc1ccc(F)c(Br)c1. The molecule has 0 radical (unpaired) electrons. The van der Waals surface area contributed by atoms with Gasteiger partial charge < -0.3 is 9.84 Å². The van der Waals surface area contributed by atoms with E-state index in [0.29, 0.717) is 20.8 Å². The fourth-order valence-corrected chi connectivity index (χ4v) is 2.37. The minimum atomic E-state index is -0.677. The number of rotatable bonds is 4. The molecule has 2 aromatic rings. The number of aliphatic hydroxyl groups excluding tert-OH is 1. The van der Waals surface area contributed by atoms with Gasteiger partial charge in [-0.1, -0.05) is 17.7 Å². The van der Waals surface area contributed by atoms with E-state index in [9.17, 15) is 9.50 Å². The third-order valence-corrected chi connectivity index (χ3v) is 3.64. The third kappa shape index (κ3) is 3.72. The monoisotopic (exact) mass is 358 g/mol. The van der Waals surface area contributed by atoms with Gasteiger partial charge in [-0.25, -0.2) is 4.39 Å². The molecular weight excluding hydrogens is 347 g/mol. The largest absolute Gasteiger partial charge is 0.489 e. The molecule has 0 fully saturated rings. The van der Waals surface area contributed by atoms with E-state index in [1.54, 1.807) is 37.3 Å². The zero-order chi connectivity index (χ0) is 14.7. The van der Waals surface area contributed by atoms with Crippen molar-refractivity contribution < 1.29 is 14.2 Å². The van der Waals surface area contributed by atoms with Crippen molar-refractivity contribution >= 4 is 27.5 Å². The summed E-state index contributed by atoms with van der Waals surface area (Å²) in [5, 5.41) is 10.3. The molecule has 0 saturated heterocycles. The molecule has 2 nitrogen and oxygen atoms in total. The van der Waals surface area contributed by atoms with Crippen molar-refractivity contribution in [3.8, 4) is 5.75 Å². The molecule has 20 heavy (non-hydrogen) atoms. The van der Waals surface area contributed by atoms with Crippen LogP contribution in [0.1, 0.15) is 24.2 Å². The summed E-state index contributed by atoms with van der Waals surface area (Å²) < 4.78 is 19.2. The average molecular weight is 360 g/mol. The van der Waals surface area contributed by atoms with Crippen LogP contribution in [0.25, 0.3) is 0 Å². The summed E-state index contributed by atoms with van der Waals surface area (Å²) in [7, 11) is 0. The topological polar surface area (TPSA) is 29.5 Å². The van der Waals surface area contributed by atoms with Gasteiger partial charge in [0.25, 0.3) is 0 Å². The van der Waals surface area contributed by atoms with E-state index < -0.39 is 6.10 Å². The molecule has 0 bridgehead atoms. The Kier molecular flexibility index (Phi) is 5.02. The van der Waals surface area contributed by atoms with Crippen LogP contribution >= 0.6 is 27.5 Å². The third-order valence-electron chi connectivity index (χ3n) is 2.80. The highest BCUT2D eigenvalue weighted by Crippen LogP contribution is 2.29. The summed E-state index contributed by atoms with van der Waals surface area (Å²) in [6.07, 6.45) is -0.677. The van der Waals surface area contributed by atoms with E-state index in [2.05, 4.69) is 15.9 Å². The molecule has 0 amide bonds. The standard InChI is InChI=1S/C15H13BrClFO2/c1-9(19)12-7-11(17)3-5-15(12)20-8-10-2-4-14(18)13(16)6-10/h2-7,9,19H,8H2,1H3. The maximum Gasteiger partial charge on any atom is 0.137 e. The highest BCUT2D eigenvalue weighted by atomic mass is 79.9. The van der Waals surface area contributed by atoms with Crippen molar-refractivity contribution in [2.75, 3.05) is 0 Å². The molecule has 1 unspecified atom stereocenters. The molecule has 0 spiro atoms. The first-order chi connectivity index (χ1) is 9.47. The van der Waals surface area contributed by atoms with Crippen LogP contribution in [0.15, 0.2) is 40.9 Å². The predicted octanol–water partition coefficient (Wildman–Crippen LogP) is 4.87. The number of hydrogen-bond acceptors (Lipinski definition) is 2. The lowest BCUT2D eigenvalue weighted by atomic mass is 10.1. The summed E-state index contributed by atoms with van der Waals surface area (Å²) in [5.74, 6) is 0.245. The molecule has 0 saturated carbocycles. The van der Waals surface area contributed by atoms with Crippen LogP contribution in [0.2, 0.25) is 5.02 Å². The van der Waals surface area contributed by atoms with Crippen molar-refractivity contribution in [3.05, 3.63) is 62.8 Å². The number of benzene rings is 2. The van der Waals surface area contributed by atoms with Crippen LogP contribution in [0.5, 0.6) is 5.75 Å². The first-order valence-electron chi connectivity index (χ1n) is 6.01. The predicted molar refractivity (Wildman–Crippen MR) is 80.5 cm³/mol. The summed E-state index contributed by atoms with van der Waals surface area (Å²) in [6.45, 7) is 1.92. The second-order valence-electron chi connectivity index (χ2n) is 4.40. The Morgan fingerprint density at radius 2 is 2.05 bits per heavy atom. The Morgan fingerprint density at radius 1 is 1.30 bits per heavy atom. The second-order valence-corrected chi connectivity index (χ2v) is 5.69. The smallest absolute Gasteiger partial charge is 0.137 e. The van der Waals surface area contributed by atoms with Crippen LogP contribution in [0, 0.1) is 5.82 Å². The van der Waals surface area contributed by atoms with E-state index >= 15 is 0 Å². The Hall–Kier alpha value is -1.10. The maximum atomic E-state index is 13.1. The second kappa shape index (κ2) is 6.57. The summed E-state index contributed by atoms with van der Waals surface area (Å²) in [6, 6.07) is 9.76. The van der Waals surface area contributed by atoms with E-state index in [-0.39, 0.29) is 12.4 Å². The molecule has 2 aromatic carbocycles. The van der Waals surface area contributed by atoms with Gasteiger partial charge in [0.1, 0.15) is 18.2 Å². The molecule has 2 rings (SSSR count). The highest BCUT2D eigenvalue weighted by Gasteiger charge is 2.10. The number of aliphatic hydroxyl groups is 1. The minimum Gasteiger partial charge on any atom is -0.489 e. The molecule has 1 atom stereocenters. The quantitative estimate of drug-likeness (QED) is 0.843. The Bertz CT molecular complexity index is 617. The van der Waals surface area contributed by atoms with Crippen molar-refractivity contribution in [1.82, 2.24) is 0 Å². The summed E-state index contributed by atoms with van der Waals surface area (Å²) in [4.78, 5) is 0. The zero-order valence-electron chi connectivity index (χ0n) is 10.7. The zero-order valence-corrected chi connectivity index (χ0v) is 13.1. The first-order valence-corrected chi connectivity index (χ1v) is 7.18. The molecule has 5 heteroatoms. The van der Waals surface area contributed by atoms with Crippen LogP contribution in [-0.2, 0) is 6.61 Å². The van der Waals surface area contributed by atoms with Gasteiger partial charge in [-0.05, 0) is 58.7 Å². The lowest BCUT2D eigenvalue weighted by Gasteiger charge is -2.14. The fraction of sp³-hybridized carbons (Fsp3) is 0.200. The van der Waals surface area contributed by atoms with E-state index in [0.717, 1.165) is 5.56 Å². The Labute approximate surface area is 130 Å². The summed E-state index contributed by atoms with van der Waals surface area (Å²) >= 11 is 9.03. The molecule has 0 aliphatic carbocycles. The molecule has 0 aliphatic rings. The number of hydrogen-bond donors (Lipinski definition) is 1. The van der Waals surface area contributed by atoms with Crippen LogP contribution in [0.4, 0.5) is 4.39 Å². The van der Waals surface area contributed by atoms with Gasteiger partial charge in [0.05, 0.1) is 10.6 Å². The minimum absolute atomic E-state index is 0.278. The molecule has 0 heterocycles. The Balaban J connectivity index is 2.16. The van der Waals surface area contributed by atoms with Crippen molar-refractivity contribution in [1.29, 1.82) is 0 Å². The van der Waals surface area contributed by atoms with Crippen molar-refractivity contribution in [2.45, 2.75) is 19.6 Å². The van der Waals surface area contributed by atoms with E-state index in [4.69, 9.17) is 16.3 Å². The van der Waals surface area contributed by atoms with Gasteiger partial charge in [-0.2, -0.15) is 0 Å². The normalized spacial score (nSPS) is 12.2. The molecular formula is C15H13BrClFO2. The van der Waals surface area contributed by atoms with E-state index in [1.165, 1.54) is 6.07 Å². The Morgan fingerprint density at radius 3 is 2.70 bits per heavy atom. The van der Waals surface area contributed by atoms with Gasteiger partial charge in [-0.15, -0.1) is 0 Å². The van der Waals surface area contributed by atoms with E-state index in [1.807, 2.05) is 0 Å². The molecule has 0 aromatic heterocycles. The van der Waals surface area contributed by atoms with Gasteiger partial charge in [0.2, 0.25) is 0 Å². The summed E-state index contributed by atoms with van der Waals surface area (Å²) in [5.41, 5.74) is 1.45. The van der Waals surface area contributed by atoms with Crippen LogP contribution < -0.4 is 4.74 Å². The molecule has 1 N–H and O–H groups in total. The van der Waals surface area contributed by atoms with Gasteiger partial charge in [-0.3, -0.25) is 0 Å². The fourth-order valence-electron chi connectivity index (χ4n) is 1.77. The van der Waals surface area contributed by atoms with Gasteiger partial charge >= 0.3 is 0 Å². The maximum absolute atomic E-state index is 13.1. The highest BCUT2D eigenvalue weighted by molar-refractivity contribution is 9.10. The molecule has 0 aliphatic heterocycles. The first kappa shape index (κ1) is 15.3. The van der Waals surface area contributed by atoms with Crippen LogP contribution in [-0.4, -0.2) is 5.11 Å². The average Bonchev–Trinajstić information content (AvgIpc) is 2.41. The number of ether oxygens (including phenoxy) is 1.